The Morgan fingerprint density at radius 3 is 2.82 bits per heavy atom. The van der Waals surface area contributed by atoms with Gasteiger partial charge in [-0.1, -0.05) is 0 Å². The van der Waals surface area contributed by atoms with Crippen molar-refractivity contribution in [1.82, 2.24) is 29.3 Å². The van der Waals surface area contributed by atoms with Crippen LogP contribution in [-0.4, -0.2) is 53.3 Å². The Bertz CT molecular complexity index is 1710. The quantitative estimate of drug-likeness (QED) is 0.302. The third-order valence-electron chi connectivity index (χ3n) is 6.11. The van der Waals surface area contributed by atoms with E-state index in [4.69, 9.17) is 5.26 Å². The number of aryl methyl sites for hydroxylation is 1. The second-order valence-corrected chi connectivity index (χ2v) is 9.55. The van der Waals surface area contributed by atoms with Gasteiger partial charge in [0.15, 0.2) is 0 Å². The molecule has 0 saturated heterocycles. The lowest BCUT2D eigenvalue weighted by Gasteiger charge is -2.22. The van der Waals surface area contributed by atoms with Gasteiger partial charge in [0.1, 0.15) is 17.9 Å². The summed E-state index contributed by atoms with van der Waals surface area (Å²) in [6.07, 6.45) is 4.98. The monoisotopic (exact) mass is 512 g/mol. The highest BCUT2D eigenvalue weighted by molar-refractivity contribution is 6.00. The van der Waals surface area contributed by atoms with Crippen molar-refractivity contribution in [2.24, 2.45) is 0 Å². The first-order chi connectivity index (χ1) is 18.1. The molecule has 11 heteroatoms. The van der Waals surface area contributed by atoms with E-state index in [9.17, 15) is 14.3 Å². The van der Waals surface area contributed by atoms with Gasteiger partial charge in [-0.15, -0.1) is 0 Å². The van der Waals surface area contributed by atoms with Crippen LogP contribution in [0, 0.1) is 18.3 Å². The van der Waals surface area contributed by atoms with Crippen LogP contribution in [0.15, 0.2) is 61.2 Å². The van der Waals surface area contributed by atoms with Crippen LogP contribution in [0.4, 0.5) is 15.8 Å². The number of nitriles is 1. The number of alkyl halides is 1. The summed E-state index contributed by atoms with van der Waals surface area (Å²) in [5.41, 5.74) is 3.65. The molecule has 0 fully saturated rings. The van der Waals surface area contributed by atoms with Crippen LogP contribution in [0.3, 0.4) is 0 Å². The van der Waals surface area contributed by atoms with E-state index in [1.165, 1.54) is 26.2 Å². The molecule has 0 bridgehead atoms. The molecule has 0 aliphatic carbocycles. The molecule has 10 nitrogen and oxygen atoms in total. The van der Waals surface area contributed by atoms with Gasteiger partial charge in [-0.25, -0.2) is 13.9 Å². The Balaban J connectivity index is 1.53. The number of carbonyl (C=O) groups is 1. The summed E-state index contributed by atoms with van der Waals surface area (Å²) >= 11 is 0. The zero-order chi connectivity index (χ0) is 27.0. The van der Waals surface area contributed by atoms with Crippen LogP contribution < -0.4 is 10.6 Å². The maximum absolute atomic E-state index is 14.3. The number of nitrogens with one attached hydrogen (secondary N) is 2. The highest BCUT2D eigenvalue weighted by atomic mass is 19.1. The molecule has 1 atom stereocenters. The van der Waals surface area contributed by atoms with Crippen molar-refractivity contribution in [3.8, 4) is 17.5 Å². The number of carbonyl (C=O) groups excluding carboxylic acids is 1. The molecule has 0 radical (unpaired) electrons. The van der Waals surface area contributed by atoms with E-state index in [1.54, 1.807) is 16.6 Å². The third kappa shape index (κ3) is 4.89. The first kappa shape index (κ1) is 24.9. The SMILES string of the molecule is Cc1cn2ccc(Nc3cc(-c4ccc5cc(C#N)cnn45)ncc3C(=O)NC[C@@H](F)C(C)(C)O)cc2n1. The maximum Gasteiger partial charge on any atom is 0.255 e. The molecule has 5 aromatic rings. The summed E-state index contributed by atoms with van der Waals surface area (Å²) in [5, 5.41) is 29.2. The van der Waals surface area contributed by atoms with Gasteiger partial charge >= 0.3 is 0 Å². The predicted octanol–water partition coefficient (Wildman–Crippen LogP) is 3.81. The first-order valence-electron chi connectivity index (χ1n) is 11.9. The van der Waals surface area contributed by atoms with Crippen LogP contribution >= 0.6 is 0 Å². The summed E-state index contributed by atoms with van der Waals surface area (Å²) in [4.78, 5) is 22.0. The average Bonchev–Trinajstić information content (AvgIpc) is 3.48. The number of pyridine rings is 2. The molecule has 0 spiro atoms. The van der Waals surface area contributed by atoms with E-state index < -0.39 is 17.7 Å². The normalized spacial score (nSPS) is 12.4. The van der Waals surface area contributed by atoms with Gasteiger partial charge < -0.3 is 20.1 Å². The minimum atomic E-state index is -1.65. The molecular weight excluding hydrogens is 487 g/mol. The number of hydrogen-bond donors (Lipinski definition) is 3. The smallest absolute Gasteiger partial charge is 0.255 e. The van der Waals surface area contributed by atoms with Gasteiger partial charge in [0.05, 0.1) is 57.8 Å². The molecule has 0 saturated carbocycles. The van der Waals surface area contributed by atoms with Crippen molar-refractivity contribution in [2.45, 2.75) is 32.5 Å². The van der Waals surface area contributed by atoms with E-state index in [2.05, 4.69) is 31.8 Å². The highest BCUT2D eigenvalue weighted by Gasteiger charge is 2.27. The Hall–Kier alpha value is -4.82. The minimum absolute atomic E-state index is 0.191. The Morgan fingerprint density at radius 2 is 2.05 bits per heavy atom. The minimum Gasteiger partial charge on any atom is -0.387 e. The molecule has 3 N–H and O–H groups in total. The van der Waals surface area contributed by atoms with Crippen molar-refractivity contribution in [3.05, 3.63) is 78.0 Å². The number of hydrogen-bond acceptors (Lipinski definition) is 7. The van der Waals surface area contributed by atoms with Crippen LogP contribution in [-0.2, 0) is 0 Å². The Kier molecular flexibility index (Phi) is 6.26. The standard InChI is InChI=1S/C27H25FN8O2/c1-16-15-35-7-6-18(9-25(35)33-16)34-21-10-22(23-5-4-19-8-17(11-29)12-32-36(19)23)30-13-20(21)26(37)31-14-24(28)27(2,3)38/h4-10,12-13,15,24,38H,14H2,1-3H3,(H,30,34)(H,31,37)/t24-/m1/s1. The summed E-state index contributed by atoms with van der Waals surface area (Å²) < 4.78 is 17.8. The number of anilines is 2. The number of aromatic nitrogens is 5. The highest BCUT2D eigenvalue weighted by Crippen LogP contribution is 2.28. The fourth-order valence-corrected chi connectivity index (χ4v) is 4.00. The molecule has 0 aliphatic heterocycles. The number of amides is 1. The zero-order valence-corrected chi connectivity index (χ0v) is 21.0. The molecule has 38 heavy (non-hydrogen) atoms. The number of aliphatic hydroxyl groups is 1. The first-order valence-corrected chi connectivity index (χ1v) is 11.9. The van der Waals surface area contributed by atoms with E-state index >= 15 is 0 Å². The van der Waals surface area contributed by atoms with Crippen molar-refractivity contribution < 1.29 is 14.3 Å². The van der Waals surface area contributed by atoms with Crippen LogP contribution in [0.5, 0.6) is 0 Å². The topological polar surface area (TPSA) is 133 Å². The fourth-order valence-electron chi connectivity index (χ4n) is 4.00. The number of fused-ring (bicyclic) bond motifs is 2. The number of rotatable bonds is 7. The molecule has 5 rings (SSSR count). The summed E-state index contributed by atoms with van der Waals surface area (Å²) in [5.74, 6) is -0.548. The molecule has 192 valence electrons. The second-order valence-electron chi connectivity index (χ2n) is 9.55. The maximum atomic E-state index is 14.3. The molecule has 1 amide bonds. The van der Waals surface area contributed by atoms with Crippen LogP contribution in [0.25, 0.3) is 22.6 Å². The van der Waals surface area contributed by atoms with Gasteiger partial charge in [0.25, 0.3) is 5.91 Å². The molecule has 5 heterocycles. The number of imidazole rings is 1. The van der Waals surface area contributed by atoms with Gasteiger partial charge in [-0.3, -0.25) is 9.78 Å². The molecule has 5 aromatic heterocycles. The second kappa shape index (κ2) is 9.57. The van der Waals surface area contributed by atoms with Gasteiger partial charge in [-0.05, 0) is 51.1 Å². The lowest BCUT2D eigenvalue weighted by Crippen LogP contribution is -2.42. The Morgan fingerprint density at radius 1 is 1.24 bits per heavy atom. The molecular formula is C27H25FN8O2. The van der Waals surface area contributed by atoms with Crippen LogP contribution in [0.1, 0.15) is 35.5 Å². The van der Waals surface area contributed by atoms with Crippen molar-refractivity contribution >= 4 is 28.4 Å². The Labute approximate surface area is 217 Å². The average molecular weight is 513 g/mol. The van der Waals surface area contributed by atoms with Gasteiger partial charge in [0.2, 0.25) is 0 Å². The lowest BCUT2D eigenvalue weighted by atomic mass is 10.0. The van der Waals surface area contributed by atoms with Gasteiger partial charge in [-0.2, -0.15) is 10.4 Å². The lowest BCUT2D eigenvalue weighted by molar-refractivity contribution is -0.00177. The molecule has 0 aromatic carbocycles. The van der Waals surface area contributed by atoms with E-state index in [1.807, 2.05) is 48.0 Å². The number of halogens is 1. The summed E-state index contributed by atoms with van der Waals surface area (Å²) in [7, 11) is 0. The van der Waals surface area contributed by atoms with E-state index in [0.717, 1.165) is 16.9 Å². The van der Waals surface area contributed by atoms with E-state index in [-0.39, 0.29) is 12.1 Å². The summed E-state index contributed by atoms with van der Waals surface area (Å²) in [6, 6.07) is 12.8. The van der Waals surface area contributed by atoms with Crippen molar-refractivity contribution in [3.63, 3.8) is 0 Å². The number of nitrogens with zero attached hydrogens (tertiary/aromatic N) is 6. The zero-order valence-electron chi connectivity index (χ0n) is 21.0. The third-order valence-corrected chi connectivity index (χ3v) is 6.11. The molecule has 0 unspecified atom stereocenters. The van der Waals surface area contributed by atoms with Crippen molar-refractivity contribution in [2.75, 3.05) is 11.9 Å². The molecule has 0 aliphatic rings. The predicted molar refractivity (Wildman–Crippen MR) is 140 cm³/mol. The largest absolute Gasteiger partial charge is 0.387 e. The summed E-state index contributed by atoms with van der Waals surface area (Å²) in [6.45, 7) is 4.22. The fraction of sp³-hybridized carbons (Fsp3) is 0.222. The van der Waals surface area contributed by atoms with Gasteiger partial charge in [0, 0.05) is 30.3 Å². The van der Waals surface area contributed by atoms with Crippen molar-refractivity contribution in [1.29, 1.82) is 5.26 Å². The van der Waals surface area contributed by atoms with Crippen LogP contribution in [0.2, 0.25) is 0 Å². The van der Waals surface area contributed by atoms with E-state index in [0.29, 0.717) is 28.3 Å².